The fourth-order valence-electron chi connectivity index (χ4n) is 2.46. The maximum Gasteiger partial charge on any atom is 0.445 e. The first kappa shape index (κ1) is 17.3. The quantitative estimate of drug-likeness (QED) is 0.479. The Labute approximate surface area is 154 Å². The van der Waals surface area contributed by atoms with E-state index in [0.29, 0.717) is 28.2 Å². The molecule has 5 nitrogen and oxygen atoms in total. The molecule has 3 aromatic heterocycles. The Morgan fingerprint density at radius 2 is 1.59 bits per heavy atom. The molecule has 10 heteroatoms. The fourth-order valence-corrected chi connectivity index (χ4v) is 3.10. The standard InChI is InChI=1S/C17H9F4N5S/c18-12-3-1-11(2-4-12)14-13(10-5-7-22-8-6-10)9-26(25-14)16-24-23-15(27-16)17(19,20)21/h1-9H. The van der Waals surface area contributed by atoms with Crippen LogP contribution in [0, 0.1) is 5.82 Å². The number of hydrogen-bond donors (Lipinski definition) is 0. The zero-order chi connectivity index (χ0) is 19.0. The lowest BCUT2D eigenvalue weighted by Gasteiger charge is -2.02. The summed E-state index contributed by atoms with van der Waals surface area (Å²) >= 11 is 0.389. The number of nitrogens with zero attached hydrogens (tertiary/aromatic N) is 5. The first-order valence-electron chi connectivity index (χ1n) is 7.59. The second-order valence-corrected chi connectivity index (χ2v) is 6.42. The van der Waals surface area contributed by atoms with Crippen molar-refractivity contribution in [2.75, 3.05) is 0 Å². The van der Waals surface area contributed by atoms with Crippen molar-refractivity contribution in [1.82, 2.24) is 25.0 Å². The summed E-state index contributed by atoms with van der Waals surface area (Å²) in [6.45, 7) is 0. The minimum Gasteiger partial charge on any atom is -0.265 e. The van der Waals surface area contributed by atoms with E-state index in [2.05, 4.69) is 20.3 Å². The highest BCUT2D eigenvalue weighted by molar-refractivity contribution is 7.13. The highest BCUT2D eigenvalue weighted by atomic mass is 32.1. The molecule has 1 aromatic carbocycles. The average Bonchev–Trinajstić information content (AvgIpc) is 3.30. The molecule has 0 saturated heterocycles. The molecule has 136 valence electrons. The highest BCUT2D eigenvalue weighted by Crippen LogP contribution is 2.35. The summed E-state index contributed by atoms with van der Waals surface area (Å²) in [4.78, 5) is 3.96. The molecule has 0 amide bonds. The molecule has 0 aliphatic heterocycles. The summed E-state index contributed by atoms with van der Waals surface area (Å²) in [6.07, 6.45) is 0.174. The lowest BCUT2D eigenvalue weighted by Crippen LogP contribution is -2.03. The Morgan fingerprint density at radius 1 is 0.889 bits per heavy atom. The molecule has 27 heavy (non-hydrogen) atoms. The van der Waals surface area contributed by atoms with E-state index < -0.39 is 17.0 Å². The van der Waals surface area contributed by atoms with Crippen molar-refractivity contribution in [2.45, 2.75) is 6.18 Å². The predicted octanol–water partition coefficient (Wildman–Crippen LogP) is 4.61. The van der Waals surface area contributed by atoms with Crippen LogP contribution in [0.1, 0.15) is 5.01 Å². The Hall–Kier alpha value is -3.14. The van der Waals surface area contributed by atoms with Crippen LogP contribution in [0.4, 0.5) is 17.6 Å². The van der Waals surface area contributed by atoms with Gasteiger partial charge in [-0.3, -0.25) is 4.98 Å². The van der Waals surface area contributed by atoms with Crippen LogP contribution in [-0.2, 0) is 6.18 Å². The fraction of sp³-hybridized carbons (Fsp3) is 0.0588. The smallest absolute Gasteiger partial charge is 0.265 e. The van der Waals surface area contributed by atoms with Crippen molar-refractivity contribution in [3.63, 3.8) is 0 Å². The minimum absolute atomic E-state index is 0.0222. The maximum atomic E-state index is 13.3. The molecular weight excluding hydrogens is 382 g/mol. The summed E-state index contributed by atoms with van der Waals surface area (Å²) in [6, 6.07) is 9.17. The molecule has 0 aliphatic carbocycles. The summed E-state index contributed by atoms with van der Waals surface area (Å²) in [5.41, 5.74) is 2.50. The van der Waals surface area contributed by atoms with Gasteiger partial charge in [0.15, 0.2) is 0 Å². The van der Waals surface area contributed by atoms with E-state index in [1.807, 2.05) is 0 Å². The first-order chi connectivity index (χ1) is 12.9. The number of hydrogen-bond acceptors (Lipinski definition) is 5. The van der Waals surface area contributed by atoms with Crippen LogP contribution < -0.4 is 0 Å². The molecule has 0 aliphatic rings. The third kappa shape index (κ3) is 3.43. The SMILES string of the molecule is Fc1ccc(-c2nn(-c3nnc(C(F)(F)F)s3)cc2-c2ccncc2)cc1. The van der Waals surface area contributed by atoms with Crippen molar-refractivity contribution >= 4 is 11.3 Å². The van der Waals surface area contributed by atoms with Gasteiger partial charge in [-0.25, -0.2) is 9.07 Å². The predicted molar refractivity (Wildman–Crippen MR) is 90.7 cm³/mol. The molecule has 0 unspecified atom stereocenters. The second kappa shape index (κ2) is 6.54. The second-order valence-electron chi connectivity index (χ2n) is 5.47. The van der Waals surface area contributed by atoms with Crippen molar-refractivity contribution in [2.24, 2.45) is 0 Å². The van der Waals surface area contributed by atoms with Crippen LogP contribution in [-0.4, -0.2) is 25.0 Å². The molecule has 0 saturated carbocycles. The molecule has 0 atom stereocenters. The minimum atomic E-state index is -4.57. The van der Waals surface area contributed by atoms with Crippen molar-refractivity contribution in [1.29, 1.82) is 0 Å². The van der Waals surface area contributed by atoms with Crippen LogP contribution in [0.3, 0.4) is 0 Å². The Balaban J connectivity index is 1.85. The van der Waals surface area contributed by atoms with E-state index in [4.69, 9.17) is 0 Å². The molecule has 0 spiro atoms. The van der Waals surface area contributed by atoms with Crippen LogP contribution in [0.25, 0.3) is 27.5 Å². The number of benzene rings is 1. The zero-order valence-corrected chi connectivity index (χ0v) is 14.2. The molecular formula is C17H9F4N5S. The molecule has 4 aromatic rings. The van der Waals surface area contributed by atoms with E-state index >= 15 is 0 Å². The van der Waals surface area contributed by atoms with Gasteiger partial charge in [0.05, 0.1) is 0 Å². The summed E-state index contributed by atoms with van der Waals surface area (Å²) in [5, 5.41) is 10.1. The van der Waals surface area contributed by atoms with Crippen molar-refractivity contribution in [3.8, 4) is 27.5 Å². The van der Waals surface area contributed by atoms with E-state index in [1.165, 1.54) is 16.8 Å². The van der Waals surface area contributed by atoms with Gasteiger partial charge in [0.1, 0.15) is 11.5 Å². The van der Waals surface area contributed by atoms with Gasteiger partial charge in [-0.05, 0) is 42.0 Å². The van der Waals surface area contributed by atoms with E-state index in [-0.39, 0.29) is 5.13 Å². The van der Waals surface area contributed by atoms with Crippen LogP contribution in [0.2, 0.25) is 0 Å². The molecule has 4 rings (SSSR count). The number of rotatable bonds is 3. The molecule has 0 bridgehead atoms. The lowest BCUT2D eigenvalue weighted by molar-refractivity contribution is -0.138. The summed E-state index contributed by atoms with van der Waals surface area (Å²) in [5.74, 6) is -0.400. The van der Waals surface area contributed by atoms with Gasteiger partial charge in [0.2, 0.25) is 10.1 Å². The van der Waals surface area contributed by atoms with Crippen LogP contribution in [0.5, 0.6) is 0 Å². The monoisotopic (exact) mass is 391 g/mol. The van der Waals surface area contributed by atoms with Gasteiger partial charge in [-0.2, -0.15) is 18.3 Å². The lowest BCUT2D eigenvalue weighted by atomic mass is 10.0. The topological polar surface area (TPSA) is 56.5 Å². The number of aromatic nitrogens is 5. The van der Waals surface area contributed by atoms with E-state index in [1.54, 1.807) is 42.9 Å². The summed E-state index contributed by atoms with van der Waals surface area (Å²) < 4.78 is 52.9. The number of halogens is 4. The van der Waals surface area contributed by atoms with Gasteiger partial charge in [-0.1, -0.05) is 11.3 Å². The largest absolute Gasteiger partial charge is 0.445 e. The van der Waals surface area contributed by atoms with Crippen LogP contribution in [0.15, 0.2) is 55.0 Å². The van der Waals surface area contributed by atoms with Crippen molar-refractivity contribution < 1.29 is 17.6 Å². The van der Waals surface area contributed by atoms with Gasteiger partial charge in [-0.15, -0.1) is 10.2 Å². The van der Waals surface area contributed by atoms with Gasteiger partial charge in [0, 0.05) is 29.7 Å². The van der Waals surface area contributed by atoms with Gasteiger partial charge >= 0.3 is 6.18 Å². The number of pyridine rings is 1. The average molecular weight is 391 g/mol. The molecule has 0 fully saturated rings. The Bertz CT molecular complexity index is 1070. The van der Waals surface area contributed by atoms with Crippen molar-refractivity contribution in [3.05, 3.63) is 65.8 Å². The molecule has 0 N–H and O–H groups in total. The molecule has 3 heterocycles. The van der Waals surface area contributed by atoms with Crippen LogP contribution >= 0.6 is 11.3 Å². The summed E-state index contributed by atoms with van der Waals surface area (Å²) in [7, 11) is 0. The van der Waals surface area contributed by atoms with Gasteiger partial charge < -0.3 is 0 Å². The zero-order valence-electron chi connectivity index (χ0n) is 13.4. The Morgan fingerprint density at radius 3 is 2.22 bits per heavy atom. The van der Waals surface area contributed by atoms with E-state index in [0.717, 1.165) is 5.56 Å². The first-order valence-corrected chi connectivity index (χ1v) is 8.40. The van der Waals surface area contributed by atoms with E-state index in [9.17, 15) is 17.6 Å². The Kier molecular flexibility index (Phi) is 4.19. The normalized spacial score (nSPS) is 11.7. The maximum absolute atomic E-state index is 13.3. The third-order valence-electron chi connectivity index (χ3n) is 3.68. The number of alkyl halides is 3. The third-order valence-corrected chi connectivity index (χ3v) is 4.63. The highest BCUT2D eigenvalue weighted by Gasteiger charge is 2.36. The van der Waals surface area contributed by atoms with Gasteiger partial charge in [0.25, 0.3) is 0 Å². The molecule has 0 radical (unpaired) electrons.